The summed E-state index contributed by atoms with van der Waals surface area (Å²) in [6, 6.07) is -0.904. The molecule has 0 saturated carbocycles. The maximum Gasteiger partial charge on any atom is 0.220 e. The van der Waals surface area contributed by atoms with Gasteiger partial charge >= 0.3 is 0 Å². The van der Waals surface area contributed by atoms with E-state index >= 15 is 0 Å². The van der Waals surface area contributed by atoms with Crippen LogP contribution in [0.1, 0.15) is 174 Å². The first-order valence-corrected chi connectivity index (χ1v) is 23.4. The van der Waals surface area contributed by atoms with Crippen molar-refractivity contribution < 1.29 is 64.6 Å². The van der Waals surface area contributed by atoms with E-state index in [0.717, 1.165) is 25.7 Å². The highest BCUT2D eigenvalue weighted by molar-refractivity contribution is 5.76. The minimum absolute atomic E-state index is 0.258. The summed E-state index contributed by atoms with van der Waals surface area (Å²) in [7, 11) is 0. The highest BCUT2D eigenvalue weighted by Crippen LogP contribution is 2.30. The number of allylic oxidation sites excluding steroid dienone is 1. The Morgan fingerprint density at radius 1 is 0.593 bits per heavy atom. The Balaban J connectivity index is 1.67. The molecule has 12 atom stereocenters. The molecule has 2 fully saturated rings. The molecule has 0 aromatic heterocycles. The lowest BCUT2D eigenvalue weighted by atomic mass is 9.97. The Hall–Kier alpha value is -1.27. The normalized spacial score (nSPS) is 28.6. The second-order valence-corrected chi connectivity index (χ2v) is 16.9. The molecule has 2 rings (SSSR count). The molecule has 9 N–H and O–H groups in total. The molecule has 12 unspecified atom stereocenters. The third-order valence-corrected chi connectivity index (χ3v) is 11.7. The SMILES string of the molecule is CCCCCCCCCCCCCCCCCCCCCCC/C=C/C(O)C(COC1OC(CO)C(OC2OC(CO)C(O)C(O)C2O)C(O)C1O)NC(=O)CCCC. The molecule has 14 nitrogen and oxygen atoms in total. The number of carbonyl (C=O) groups is 1. The summed E-state index contributed by atoms with van der Waals surface area (Å²) < 4.78 is 22.4. The molecule has 2 aliphatic rings. The van der Waals surface area contributed by atoms with Crippen LogP contribution in [0.5, 0.6) is 0 Å². The van der Waals surface area contributed by atoms with Crippen LogP contribution in [-0.2, 0) is 23.7 Å². The van der Waals surface area contributed by atoms with E-state index in [1.54, 1.807) is 6.08 Å². The Morgan fingerprint density at radius 3 is 1.54 bits per heavy atom. The minimum atomic E-state index is -1.78. The van der Waals surface area contributed by atoms with Crippen molar-refractivity contribution in [1.29, 1.82) is 0 Å². The van der Waals surface area contributed by atoms with Crippen LogP contribution in [0.15, 0.2) is 12.2 Å². The van der Waals surface area contributed by atoms with Gasteiger partial charge in [-0.25, -0.2) is 0 Å². The molecule has 0 aliphatic carbocycles. The third-order valence-electron chi connectivity index (χ3n) is 11.7. The summed E-state index contributed by atoms with van der Waals surface area (Å²) in [6.07, 6.45) is 17.0. The second kappa shape index (κ2) is 33.3. The zero-order valence-electron chi connectivity index (χ0n) is 36.5. The quantitative estimate of drug-likeness (QED) is 0.0308. The summed E-state index contributed by atoms with van der Waals surface area (Å²) in [5.41, 5.74) is 0. The largest absolute Gasteiger partial charge is 0.394 e. The number of unbranched alkanes of at least 4 members (excludes halogenated alkanes) is 22. The topological polar surface area (TPSA) is 228 Å². The monoisotopic (exact) mass is 848 g/mol. The average Bonchev–Trinajstić information content (AvgIpc) is 3.23. The molecule has 2 heterocycles. The molecule has 59 heavy (non-hydrogen) atoms. The first-order valence-electron chi connectivity index (χ1n) is 23.4. The standard InChI is InChI=1S/C45H85NO13/c1-3-5-7-8-9-10-11-12-13-14-15-16-17-18-19-20-21-22-23-24-25-26-27-28-34(49)33(46-37(50)29-6-4-2)32-56-44-42(55)40(53)43(36(31-48)58-44)59-45-41(54)39(52)38(51)35(30-47)57-45/h27-28,33-36,38-45,47-49,51-55H,3-26,29-32H2,1-2H3,(H,46,50)/b28-27+. The lowest BCUT2D eigenvalue weighted by molar-refractivity contribution is -0.359. The van der Waals surface area contributed by atoms with Gasteiger partial charge < -0.3 is 65.1 Å². The highest BCUT2D eigenvalue weighted by atomic mass is 16.7. The maximum atomic E-state index is 12.7. The van der Waals surface area contributed by atoms with Crippen molar-refractivity contribution in [2.75, 3.05) is 19.8 Å². The van der Waals surface area contributed by atoms with Crippen LogP contribution in [0, 0.1) is 0 Å². The number of amides is 1. The molecule has 1 amide bonds. The smallest absolute Gasteiger partial charge is 0.220 e. The van der Waals surface area contributed by atoms with E-state index in [4.69, 9.17) is 18.9 Å². The van der Waals surface area contributed by atoms with Crippen LogP contribution in [0.2, 0.25) is 0 Å². The Kier molecular flexibility index (Phi) is 30.4. The van der Waals surface area contributed by atoms with Gasteiger partial charge in [-0.3, -0.25) is 4.79 Å². The lowest BCUT2D eigenvalue weighted by Crippen LogP contribution is -2.65. The van der Waals surface area contributed by atoms with Gasteiger partial charge in [0, 0.05) is 6.42 Å². The molecule has 0 bridgehead atoms. The third kappa shape index (κ3) is 21.6. The van der Waals surface area contributed by atoms with Gasteiger partial charge in [-0.15, -0.1) is 0 Å². The Labute approximate surface area is 355 Å². The predicted molar refractivity (Wildman–Crippen MR) is 226 cm³/mol. The molecule has 348 valence electrons. The summed E-state index contributed by atoms with van der Waals surface area (Å²) in [6.45, 7) is 2.52. The average molecular weight is 848 g/mol. The Morgan fingerprint density at radius 2 is 1.05 bits per heavy atom. The molecule has 0 aromatic carbocycles. The number of hydrogen-bond acceptors (Lipinski definition) is 13. The predicted octanol–water partition coefficient (Wildman–Crippen LogP) is 4.82. The second-order valence-electron chi connectivity index (χ2n) is 16.9. The van der Waals surface area contributed by atoms with Gasteiger partial charge in [-0.05, 0) is 19.3 Å². The minimum Gasteiger partial charge on any atom is -0.394 e. The van der Waals surface area contributed by atoms with E-state index in [9.17, 15) is 45.6 Å². The van der Waals surface area contributed by atoms with Gasteiger partial charge in [0.2, 0.25) is 5.91 Å². The van der Waals surface area contributed by atoms with E-state index in [1.165, 1.54) is 122 Å². The van der Waals surface area contributed by atoms with Gasteiger partial charge in [0.05, 0.1) is 32.0 Å². The number of rotatable bonds is 35. The van der Waals surface area contributed by atoms with Crippen molar-refractivity contribution in [2.24, 2.45) is 0 Å². The van der Waals surface area contributed by atoms with Crippen molar-refractivity contribution in [1.82, 2.24) is 5.32 Å². The van der Waals surface area contributed by atoms with Crippen molar-refractivity contribution in [3.8, 4) is 0 Å². The van der Waals surface area contributed by atoms with Crippen molar-refractivity contribution in [3.63, 3.8) is 0 Å². The van der Waals surface area contributed by atoms with E-state index in [0.29, 0.717) is 6.42 Å². The van der Waals surface area contributed by atoms with Gasteiger partial charge in [0.15, 0.2) is 12.6 Å². The number of nitrogens with one attached hydrogen (secondary N) is 1. The van der Waals surface area contributed by atoms with Crippen LogP contribution >= 0.6 is 0 Å². The van der Waals surface area contributed by atoms with Crippen molar-refractivity contribution in [3.05, 3.63) is 12.2 Å². The zero-order chi connectivity index (χ0) is 43.3. The van der Waals surface area contributed by atoms with Crippen LogP contribution in [0.4, 0.5) is 0 Å². The lowest BCUT2D eigenvalue weighted by Gasteiger charge is -2.46. The maximum absolute atomic E-state index is 12.7. The number of carbonyl (C=O) groups excluding carboxylic acids is 1. The first-order chi connectivity index (χ1) is 28.6. The summed E-state index contributed by atoms with van der Waals surface area (Å²) in [4.78, 5) is 12.7. The summed E-state index contributed by atoms with van der Waals surface area (Å²) in [5.74, 6) is -0.274. The van der Waals surface area contributed by atoms with Crippen LogP contribution in [0.25, 0.3) is 0 Å². The van der Waals surface area contributed by atoms with Crippen LogP contribution in [-0.4, -0.2) is 140 Å². The van der Waals surface area contributed by atoms with E-state index in [1.807, 2.05) is 13.0 Å². The zero-order valence-corrected chi connectivity index (χ0v) is 36.5. The first kappa shape index (κ1) is 53.9. The fourth-order valence-corrected chi connectivity index (χ4v) is 7.80. The van der Waals surface area contributed by atoms with Crippen LogP contribution in [0.3, 0.4) is 0 Å². The number of aliphatic hydroxyl groups is 8. The van der Waals surface area contributed by atoms with Gasteiger partial charge in [-0.1, -0.05) is 161 Å². The summed E-state index contributed by atoms with van der Waals surface area (Å²) in [5, 5.41) is 85.8. The van der Waals surface area contributed by atoms with E-state index in [2.05, 4.69) is 12.2 Å². The van der Waals surface area contributed by atoms with E-state index in [-0.39, 0.29) is 18.9 Å². The molecule has 0 aromatic rings. The molecule has 2 aliphatic heterocycles. The van der Waals surface area contributed by atoms with Crippen molar-refractivity contribution in [2.45, 2.75) is 248 Å². The number of aliphatic hydroxyl groups excluding tert-OH is 8. The highest BCUT2D eigenvalue weighted by Gasteiger charge is 2.50. The molecule has 2 saturated heterocycles. The van der Waals surface area contributed by atoms with Gasteiger partial charge in [-0.2, -0.15) is 0 Å². The van der Waals surface area contributed by atoms with Gasteiger partial charge in [0.1, 0.15) is 48.8 Å². The van der Waals surface area contributed by atoms with E-state index < -0.39 is 86.8 Å². The number of hydrogen-bond donors (Lipinski definition) is 9. The molecular formula is C45H85NO13. The van der Waals surface area contributed by atoms with Gasteiger partial charge in [0.25, 0.3) is 0 Å². The molecule has 0 radical (unpaired) electrons. The Bertz CT molecular complexity index is 1050. The summed E-state index contributed by atoms with van der Waals surface area (Å²) >= 11 is 0. The number of ether oxygens (including phenoxy) is 4. The van der Waals surface area contributed by atoms with Crippen molar-refractivity contribution >= 4 is 5.91 Å². The fraction of sp³-hybridized carbons (Fsp3) is 0.933. The molecule has 0 spiro atoms. The molecule has 14 heteroatoms. The fourth-order valence-electron chi connectivity index (χ4n) is 7.80. The van der Waals surface area contributed by atoms with Crippen LogP contribution < -0.4 is 5.32 Å². The molecular weight excluding hydrogens is 762 g/mol.